The van der Waals surface area contributed by atoms with E-state index in [9.17, 15) is 13.2 Å². The average molecular weight is 333 g/mol. The van der Waals surface area contributed by atoms with Gasteiger partial charge in [-0.1, -0.05) is 6.42 Å². The smallest absolute Gasteiger partial charge is 0.238 e. The lowest BCUT2D eigenvalue weighted by atomic mass is 10.0. The van der Waals surface area contributed by atoms with Gasteiger partial charge in [0.25, 0.3) is 0 Å². The third kappa shape index (κ3) is 5.19. The first-order valence-corrected chi connectivity index (χ1v) is 9.88. The van der Waals surface area contributed by atoms with E-state index in [-0.39, 0.29) is 5.91 Å². The molecule has 1 amide bonds. The van der Waals surface area contributed by atoms with Gasteiger partial charge in [-0.05, 0) is 25.8 Å². The van der Waals surface area contributed by atoms with E-state index in [0.29, 0.717) is 19.5 Å². The molecule has 2 aliphatic heterocycles. The molecule has 128 valence electrons. The number of nitrogens with one attached hydrogen (secondary N) is 1. The van der Waals surface area contributed by atoms with Crippen LogP contribution in [0.25, 0.3) is 0 Å². The summed E-state index contributed by atoms with van der Waals surface area (Å²) in [6, 6.07) is -0.535. The Labute approximate surface area is 133 Å². The van der Waals surface area contributed by atoms with Crippen molar-refractivity contribution in [1.29, 1.82) is 0 Å². The number of carbonyl (C=O) groups excluding carboxylic acids is 1. The first-order valence-electron chi connectivity index (χ1n) is 8.03. The molecular weight excluding hydrogens is 306 g/mol. The Balaban J connectivity index is 1.73. The normalized spacial score (nSPS) is 25.0. The standard InChI is InChI=1S/C14H27N3O4S/c1-22(19,20)17-8-3-2-5-13(17)14(18)15-6-4-7-16-9-11-21-12-10-16/h13H,2-12H2,1H3,(H,15,18)/t13-/m0/s1. The summed E-state index contributed by atoms with van der Waals surface area (Å²) in [7, 11) is -3.32. The highest BCUT2D eigenvalue weighted by atomic mass is 32.2. The van der Waals surface area contributed by atoms with Crippen LogP contribution in [0.3, 0.4) is 0 Å². The van der Waals surface area contributed by atoms with Gasteiger partial charge in [0, 0.05) is 26.2 Å². The second-order valence-electron chi connectivity index (χ2n) is 5.98. The van der Waals surface area contributed by atoms with Gasteiger partial charge >= 0.3 is 0 Å². The Morgan fingerprint density at radius 2 is 1.95 bits per heavy atom. The molecule has 0 aromatic heterocycles. The van der Waals surface area contributed by atoms with E-state index in [2.05, 4.69) is 10.2 Å². The minimum atomic E-state index is -3.32. The molecule has 7 nitrogen and oxygen atoms in total. The summed E-state index contributed by atoms with van der Waals surface area (Å²) in [4.78, 5) is 14.6. The lowest BCUT2D eigenvalue weighted by molar-refractivity contribution is -0.125. The van der Waals surface area contributed by atoms with Gasteiger partial charge in [0.05, 0.1) is 19.5 Å². The highest BCUT2D eigenvalue weighted by Crippen LogP contribution is 2.19. The monoisotopic (exact) mass is 333 g/mol. The Morgan fingerprint density at radius 3 is 2.64 bits per heavy atom. The zero-order chi connectivity index (χ0) is 16.0. The fraction of sp³-hybridized carbons (Fsp3) is 0.929. The molecule has 1 N–H and O–H groups in total. The van der Waals surface area contributed by atoms with E-state index < -0.39 is 16.1 Å². The van der Waals surface area contributed by atoms with Gasteiger partial charge in [-0.3, -0.25) is 9.69 Å². The molecule has 2 aliphatic rings. The summed E-state index contributed by atoms with van der Waals surface area (Å²) in [6.07, 6.45) is 4.39. The molecule has 0 radical (unpaired) electrons. The van der Waals surface area contributed by atoms with Crippen molar-refractivity contribution in [3.05, 3.63) is 0 Å². The zero-order valence-electron chi connectivity index (χ0n) is 13.3. The second-order valence-corrected chi connectivity index (χ2v) is 7.92. The van der Waals surface area contributed by atoms with E-state index in [4.69, 9.17) is 4.74 Å². The van der Waals surface area contributed by atoms with Crippen molar-refractivity contribution in [1.82, 2.24) is 14.5 Å². The van der Waals surface area contributed by atoms with Crippen molar-refractivity contribution in [2.45, 2.75) is 31.7 Å². The van der Waals surface area contributed by atoms with Crippen molar-refractivity contribution in [2.75, 3.05) is 52.2 Å². The quantitative estimate of drug-likeness (QED) is 0.672. The zero-order valence-corrected chi connectivity index (χ0v) is 14.1. The van der Waals surface area contributed by atoms with Gasteiger partial charge in [-0.2, -0.15) is 4.31 Å². The molecule has 2 fully saturated rings. The number of carbonyl (C=O) groups is 1. The topological polar surface area (TPSA) is 79.0 Å². The van der Waals surface area contributed by atoms with Gasteiger partial charge in [0.1, 0.15) is 6.04 Å². The van der Waals surface area contributed by atoms with Crippen LogP contribution in [0.5, 0.6) is 0 Å². The first-order chi connectivity index (χ1) is 10.5. The van der Waals surface area contributed by atoms with E-state index in [0.717, 1.165) is 52.1 Å². The lowest BCUT2D eigenvalue weighted by Gasteiger charge is -2.32. The minimum absolute atomic E-state index is 0.160. The van der Waals surface area contributed by atoms with E-state index in [1.807, 2.05) is 0 Å². The molecule has 0 aliphatic carbocycles. The van der Waals surface area contributed by atoms with Crippen LogP contribution in [0, 0.1) is 0 Å². The minimum Gasteiger partial charge on any atom is -0.379 e. The van der Waals surface area contributed by atoms with E-state index >= 15 is 0 Å². The molecule has 8 heteroatoms. The van der Waals surface area contributed by atoms with E-state index in [1.165, 1.54) is 10.6 Å². The summed E-state index contributed by atoms with van der Waals surface area (Å²) in [5, 5.41) is 2.89. The number of ether oxygens (including phenoxy) is 1. The first kappa shape index (κ1) is 17.7. The van der Waals surface area contributed by atoms with Crippen LogP contribution in [-0.4, -0.2) is 81.8 Å². The number of nitrogens with zero attached hydrogens (tertiary/aromatic N) is 2. The van der Waals surface area contributed by atoms with Gasteiger partial charge in [0.15, 0.2) is 0 Å². The Hall–Kier alpha value is -0.700. The molecule has 0 aromatic rings. The maximum atomic E-state index is 12.3. The highest BCUT2D eigenvalue weighted by molar-refractivity contribution is 7.88. The molecule has 0 unspecified atom stereocenters. The highest BCUT2D eigenvalue weighted by Gasteiger charge is 2.34. The van der Waals surface area contributed by atoms with Crippen LogP contribution < -0.4 is 5.32 Å². The lowest BCUT2D eigenvalue weighted by Crippen LogP contribution is -2.51. The van der Waals surface area contributed by atoms with Gasteiger partial charge in [0.2, 0.25) is 15.9 Å². The number of piperidine rings is 1. The summed E-state index contributed by atoms with van der Waals surface area (Å²) in [5.74, 6) is -0.160. The SMILES string of the molecule is CS(=O)(=O)N1CCCC[C@H]1C(=O)NCCCN1CCOCC1. The predicted octanol–water partition coefficient (Wildman–Crippen LogP) is -0.361. The maximum Gasteiger partial charge on any atom is 0.238 e. The number of hydrogen-bond acceptors (Lipinski definition) is 5. The fourth-order valence-electron chi connectivity index (χ4n) is 3.02. The van der Waals surface area contributed by atoms with Crippen molar-refractivity contribution < 1.29 is 17.9 Å². The molecular formula is C14H27N3O4S. The van der Waals surface area contributed by atoms with Gasteiger partial charge in [-0.15, -0.1) is 0 Å². The molecule has 2 rings (SSSR count). The van der Waals surface area contributed by atoms with Crippen molar-refractivity contribution in [3.63, 3.8) is 0 Å². The largest absolute Gasteiger partial charge is 0.379 e. The summed E-state index contributed by atoms with van der Waals surface area (Å²) < 4.78 is 30.2. The summed E-state index contributed by atoms with van der Waals surface area (Å²) >= 11 is 0. The van der Waals surface area contributed by atoms with Gasteiger partial charge < -0.3 is 10.1 Å². The van der Waals surface area contributed by atoms with Crippen LogP contribution in [-0.2, 0) is 19.6 Å². The van der Waals surface area contributed by atoms with Crippen molar-refractivity contribution in [2.24, 2.45) is 0 Å². The number of amides is 1. The summed E-state index contributed by atoms with van der Waals surface area (Å²) in [5.41, 5.74) is 0. The van der Waals surface area contributed by atoms with Crippen LogP contribution in [0.1, 0.15) is 25.7 Å². The van der Waals surface area contributed by atoms with Crippen molar-refractivity contribution in [3.8, 4) is 0 Å². The Bertz CT molecular complexity index is 463. The molecule has 2 heterocycles. The van der Waals surface area contributed by atoms with Gasteiger partial charge in [-0.25, -0.2) is 8.42 Å². The summed E-state index contributed by atoms with van der Waals surface area (Å²) in [6.45, 7) is 5.41. The molecule has 1 atom stereocenters. The third-order valence-corrected chi connectivity index (χ3v) is 5.53. The number of morpholine rings is 1. The molecule has 22 heavy (non-hydrogen) atoms. The molecule has 0 spiro atoms. The average Bonchev–Trinajstić information content (AvgIpc) is 2.51. The van der Waals surface area contributed by atoms with Crippen molar-refractivity contribution >= 4 is 15.9 Å². The second kappa shape index (κ2) is 8.24. The number of sulfonamides is 1. The molecule has 0 saturated carbocycles. The Morgan fingerprint density at radius 1 is 1.23 bits per heavy atom. The predicted molar refractivity (Wildman–Crippen MR) is 84.1 cm³/mol. The van der Waals surface area contributed by atoms with Crippen LogP contribution in [0.4, 0.5) is 0 Å². The third-order valence-electron chi connectivity index (χ3n) is 4.24. The Kier molecular flexibility index (Phi) is 6.61. The molecule has 0 aromatic carbocycles. The molecule has 2 saturated heterocycles. The van der Waals surface area contributed by atoms with Crippen LogP contribution in [0.2, 0.25) is 0 Å². The maximum absolute atomic E-state index is 12.3. The van der Waals surface area contributed by atoms with E-state index in [1.54, 1.807) is 0 Å². The fourth-order valence-corrected chi connectivity index (χ4v) is 4.14. The molecule has 0 bridgehead atoms. The van der Waals surface area contributed by atoms with Crippen LogP contribution >= 0.6 is 0 Å². The number of hydrogen-bond donors (Lipinski definition) is 1. The van der Waals surface area contributed by atoms with Crippen LogP contribution in [0.15, 0.2) is 0 Å². The number of rotatable bonds is 6.